The Morgan fingerprint density at radius 1 is 1.32 bits per heavy atom. The number of hydrogen-bond donors (Lipinski definition) is 1. The van der Waals surface area contributed by atoms with Crippen molar-refractivity contribution in [2.45, 2.75) is 12.6 Å². The van der Waals surface area contributed by atoms with E-state index >= 15 is 0 Å². The Bertz CT molecular complexity index is 415. The van der Waals surface area contributed by atoms with Gasteiger partial charge in [0.25, 0.3) is 6.43 Å². The van der Waals surface area contributed by atoms with Gasteiger partial charge in [-0.05, 0) is 11.6 Å². The molecule has 0 aromatic carbocycles. The first-order chi connectivity index (χ1) is 8.79. The first kappa shape index (κ1) is 15.8. The van der Waals surface area contributed by atoms with Gasteiger partial charge in [0.05, 0.1) is 6.61 Å². The molecule has 1 heterocycles. The summed E-state index contributed by atoms with van der Waals surface area (Å²) in [7, 11) is 0. The van der Waals surface area contributed by atoms with Crippen LogP contribution in [0.1, 0.15) is 5.69 Å². The van der Waals surface area contributed by atoms with Crippen molar-refractivity contribution >= 4 is 17.4 Å². The molecule has 10 heteroatoms. The van der Waals surface area contributed by atoms with Gasteiger partial charge in [0, 0.05) is 12.6 Å². The molecule has 0 amide bonds. The lowest BCUT2D eigenvalue weighted by atomic mass is 10.4. The highest BCUT2D eigenvalue weighted by molar-refractivity contribution is 6.28. The minimum atomic E-state index is -4.64. The van der Waals surface area contributed by atoms with E-state index in [-0.39, 0.29) is 19.0 Å². The van der Waals surface area contributed by atoms with E-state index in [4.69, 9.17) is 11.6 Å². The van der Waals surface area contributed by atoms with Gasteiger partial charge in [0.2, 0.25) is 5.28 Å². The minimum Gasteiger partial charge on any atom is -0.374 e. The number of hydrogen-bond acceptors (Lipinski definition) is 4. The summed E-state index contributed by atoms with van der Waals surface area (Å²) in [6.45, 7) is -0.829. The highest BCUT2D eigenvalue weighted by Gasteiger charge is 2.33. The standard InChI is InChI=1S/C9H9ClF5N3O/c10-8-17-5(9(13,14)15)3-7(18-8)16-1-2-19-4-6(11)12/h3,6H,1-2,4H2,(H,16,17,18). The molecule has 1 N–H and O–H groups in total. The van der Waals surface area contributed by atoms with Crippen LogP contribution in [0.4, 0.5) is 27.8 Å². The average molecular weight is 306 g/mol. The second-order valence-electron chi connectivity index (χ2n) is 3.30. The third-order valence-corrected chi connectivity index (χ3v) is 1.95. The summed E-state index contributed by atoms with van der Waals surface area (Å²) in [5.74, 6) is -0.159. The first-order valence-electron chi connectivity index (χ1n) is 5.00. The smallest absolute Gasteiger partial charge is 0.374 e. The summed E-state index contributed by atoms with van der Waals surface area (Å²) in [4.78, 5) is 6.55. The van der Waals surface area contributed by atoms with Gasteiger partial charge in [-0.25, -0.2) is 18.7 Å². The van der Waals surface area contributed by atoms with Crippen LogP contribution in [0.25, 0.3) is 0 Å². The lowest BCUT2D eigenvalue weighted by Crippen LogP contribution is -2.15. The van der Waals surface area contributed by atoms with Gasteiger partial charge in [-0.1, -0.05) is 0 Å². The maximum Gasteiger partial charge on any atom is 0.433 e. The van der Waals surface area contributed by atoms with Crippen molar-refractivity contribution in [3.8, 4) is 0 Å². The van der Waals surface area contributed by atoms with Gasteiger partial charge in [-0.3, -0.25) is 0 Å². The maximum absolute atomic E-state index is 12.4. The fourth-order valence-corrected chi connectivity index (χ4v) is 1.26. The van der Waals surface area contributed by atoms with Crippen molar-refractivity contribution in [2.24, 2.45) is 0 Å². The highest BCUT2D eigenvalue weighted by atomic mass is 35.5. The van der Waals surface area contributed by atoms with Crippen LogP contribution in [-0.2, 0) is 10.9 Å². The Balaban J connectivity index is 2.52. The molecule has 0 radical (unpaired) electrons. The number of halogens is 6. The van der Waals surface area contributed by atoms with E-state index in [0.717, 1.165) is 0 Å². The van der Waals surface area contributed by atoms with Crippen LogP contribution < -0.4 is 5.32 Å². The number of anilines is 1. The molecule has 0 fully saturated rings. The summed E-state index contributed by atoms with van der Waals surface area (Å²) in [5, 5.41) is 1.90. The fraction of sp³-hybridized carbons (Fsp3) is 0.556. The van der Waals surface area contributed by atoms with E-state index in [1.54, 1.807) is 0 Å². The summed E-state index contributed by atoms with van der Waals surface area (Å²) in [5.41, 5.74) is -1.19. The van der Waals surface area contributed by atoms with Crippen LogP contribution in [0.15, 0.2) is 6.07 Å². The normalized spacial score (nSPS) is 11.9. The van der Waals surface area contributed by atoms with Gasteiger partial charge in [-0.15, -0.1) is 0 Å². The number of ether oxygens (including phenoxy) is 1. The number of nitrogens with zero attached hydrogens (tertiary/aromatic N) is 2. The summed E-state index contributed by atoms with van der Waals surface area (Å²) in [6.07, 6.45) is -7.24. The SMILES string of the molecule is FC(F)COCCNc1cc(C(F)(F)F)nc(Cl)n1. The van der Waals surface area contributed by atoms with Crippen LogP contribution in [0.5, 0.6) is 0 Å². The molecule has 0 spiro atoms. The van der Waals surface area contributed by atoms with Gasteiger partial charge in [0.15, 0.2) is 5.69 Å². The molecular weight excluding hydrogens is 297 g/mol. The summed E-state index contributed by atoms with van der Waals surface area (Å²) < 4.78 is 65.1. The highest BCUT2D eigenvalue weighted by Crippen LogP contribution is 2.29. The van der Waals surface area contributed by atoms with Gasteiger partial charge >= 0.3 is 6.18 Å². The zero-order chi connectivity index (χ0) is 14.5. The molecule has 19 heavy (non-hydrogen) atoms. The molecule has 0 aliphatic heterocycles. The molecular formula is C9H9ClF5N3O. The van der Waals surface area contributed by atoms with Crippen molar-refractivity contribution in [3.05, 3.63) is 17.0 Å². The Labute approximate surface area is 109 Å². The topological polar surface area (TPSA) is 47.0 Å². The monoisotopic (exact) mass is 305 g/mol. The van der Waals surface area contributed by atoms with E-state index < -0.39 is 30.2 Å². The Hall–Kier alpha value is -1.22. The Morgan fingerprint density at radius 2 is 2.00 bits per heavy atom. The zero-order valence-electron chi connectivity index (χ0n) is 9.35. The Morgan fingerprint density at radius 3 is 2.58 bits per heavy atom. The second-order valence-corrected chi connectivity index (χ2v) is 3.64. The van der Waals surface area contributed by atoms with Crippen molar-refractivity contribution in [1.29, 1.82) is 0 Å². The van der Waals surface area contributed by atoms with Gasteiger partial charge in [-0.2, -0.15) is 13.2 Å². The number of nitrogens with one attached hydrogen (secondary N) is 1. The lowest BCUT2D eigenvalue weighted by molar-refractivity contribution is -0.141. The van der Waals surface area contributed by atoms with Gasteiger partial charge in [0.1, 0.15) is 12.4 Å². The molecule has 1 aromatic rings. The minimum absolute atomic E-state index is 0.0113. The molecule has 0 saturated carbocycles. The molecule has 0 atom stereocenters. The summed E-state index contributed by atoms with van der Waals surface area (Å²) >= 11 is 5.35. The molecule has 0 saturated heterocycles. The van der Waals surface area contributed by atoms with Crippen molar-refractivity contribution in [1.82, 2.24) is 9.97 Å². The maximum atomic E-state index is 12.4. The molecule has 4 nitrogen and oxygen atoms in total. The molecule has 0 aliphatic rings. The van der Waals surface area contributed by atoms with Crippen LogP contribution in [0, 0.1) is 0 Å². The zero-order valence-corrected chi connectivity index (χ0v) is 10.1. The fourth-order valence-electron chi connectivity index (χ4n) is 1.08. The van der Waals surface area contributed by atoms with E-state index in [1.165, 1.54) is 0 Å². The second kappa shape index (κ2) is 6.80. The van der Waals surface area contributed by atoms with E-state index in [9.17, 15) is 22.0 Å². The lowest BCUT2D eigenvalue weighted by Gasteiger charge is -2.10. The molecule has 1 aromatic heterocycles. The Kier molecular flexibility index (Phi) is 5.67. The first-order valence-corrected chi connectivity index (χ1v) is 5.38. The van der Waals surface area contributed by atoms with Crippen LogP contribution in [0.2, 0.25) is 5.28 Å². The van der Waals surface area contributed by atoms with Crippen LogP contribution in [0.3, 0.4) is 0 Å². The average Bonchev–Trinajstić information content (AvgIpc) is 2.26. The van der Waals surface area contributed by atoms with E-state index in [1.807, 2.05) is 0 Å². The van der Waals surface area contributed by atoms with Gasteiger partial charge < -0.3 is 10.1 Å². The van der Waals surface area contributed by atoms with Crippen molar-refractivity contribution in [2.75, 3.05) is 25.1 Å². The third-order valence-electron chi connectivity index (χ3n) is 1.79. The third kappa shape index (κ3) is 5.97. The van der Waals surface area contributed by atoms with E-state index in [2.05, 4.69) is 20.0 Å². The predicted octanol–water partition coefficient (Wildman–Crippen LogP) is 2.84. The molecule has 0 aliphatic carbocycles. The molecule has 0 bridgehead atoms. The molecule has 108 valence electrons. The van der Waals surface area contributed by atoms with Crippen molar-refractivity contribution < 1.29 is 26.7 Å². The quantitative estimate of drug-likeness (QED) is 0.499. The molecule has 0 unspecified atom stereocenters. The number of rotatable bonds is 6. The van der Waals surface area contributed by atoms with Crippen molar-refractivity contribution in [3.63, 3.8) is 0 Å². The van der Waals surface area contributed by atoms with E-state index in [0.29, 0.717) is 6.07 Å². The van der Waals surface area contributed by atoms with Crippen LogP contribution in [-0.4, -0.2) is 36.2 Å². The predicted molar refractivity (Wildman–Crippen MR) is 57.4 cm³/mol. The summed E-state index contributed by atoms with van der Waals surface area (Å²) in [6, 6.07) is 0.666. The number of alkyl halides is 5. The number of aromatic nitrogens is 2. The largest absolute Gasteiger partial charge is 0.433 e. The molecule has 1 rings (SSSR count). The van der Waals surface area contributed by atoms with Crippen LogP contribution >= 0.6 is 11.6 Å².